The van der Waals surface area contributed by atoms with Gasteiger partial charge >= 0.3 is 17.9 Å². The molecule has 0 aromatic heterocycles. The van der Waals surface area contributed by atoms with E-state index in [0.717, 1.165) is 10.5 Å². The van der Waals surface area contributed by atoms with Gasteiger partial charge in [-0.05, 0) is 150 Å². The molecule has 2 bridgehead atoms. The summed E-state index contributed by atoms with van der Waals surface area (Å²) in [6.45, 7) is 12.3. The van der Waals surface area contributed by atoms with E-state index in [0.29, 0.717) is 99.5 Å². The van der Waals surface area contributed by atoms with Gasteiger partial charge in [0.1, 0.15) is 60.0 Å². The van der Waals surface area contributed by atoms with E-state index in [2.05, 4.69) is 10.6 Å². The van der Waals surface area contributed by atoms with Crippen LogP contribution in [-0.4, -0.2) is 180 Å². The number of fused-ring (bicyclic) bond motifs is 5. The van der Waals surface area contributed by atoms with E-state index in [1.165, 1.54) is 50.6 Å². The molecule has 0 radical (unpaired) electrons. The number of hydrogen-bond donors (Lipinski definition) is 6. The fraction of sp³-hybridized carbons (Fsp3) is 0.575. The van der Waals surface area contributed by atoms with Crippen molar-refractivity contribution < 1.29 is 102 Å². The van der Waals surface area contributed by atoms with Crippen molar-refractivity contribution in [3.05, 3.63) is 130 Å². The number of phenols is 1. The van der Waals surface area contributed by atoms with E-state index in [9.17, 15) is 68.4 Å². The monoisotopic (exact) mass is 1440 g/mol. The highest BCUT2D eigenvalue weighted by Gasteiger charge is 2.53. The standard InChI is InChI=1S/C80H105N3O21/c1-45-19-13-11-14-20-46(2)64(98-8)42-56-28-23-51(7)80(97,104-56)75(91)77(93)83-34-18-16-21-61(83)79(96)103-65(43-62(86)47(3)36-50(6)73(90)74(100-10)72(89)49(5)35-45)48(4)37-52-24-32-63(68(38-52)99-9)102-70(88)44-82-69(87)22-15-12-17-33-81-76(92)53-25-29-57(60(39-53)78(94)95)71-58-30-26-54(84)40-66(58)101-67-41-55(85)27-31-59(67)71/h11,13-14,19-20,25-27,29-31,36,39-41,45,47-49,51-52,56,58,61,63-65,68,71,73-74,85,90,97H,12,15-18,21-24,28,32-35,37-38,42-44H2,1-10H3,(H,81,92)(H,82,87)(H,94,95)/b14-11+,19-13+,46-20+,50-36+/t45-,47-,48-,49-,51-,52-,56+,58?,61+,63-,64+,65+,68-,71?,73-,74+,80-/m1/s1. The molecule has 17 atom stereocenters. The second-order valence-corrected chi connectivity index (χ2v) is 29.1. The van der Waals surface area contributed by atoms with Gasteiger partial charge in [0.25, 0.3) is 17.6 Å². The molecular formula is C80H105N3O21. The van der Waals surface area contributed by atoms with Crippen molar-refractivity contribution in [1.29, 1.82) is 0 Å². The van der Waals surface area contributed by atoms with E-state index in [4.69, 9.17) is 33.2 Å². The average molecular weight is 1440 g/mol. The number of aromatic carboxylic acids is 1. The highest BCUT2D eigenvalue weighted by atomic mass is 16.6. The predicted molar refractivity (Wildman–Crippen MR) is 383 cm³/mol. The van der Waals surface area contributed by atoms with Crippen molar-refractivity contribution in [2.24, 2.45) is 41.4 Å². The zero-order valence-corrected chi connectivity index (χ0v) is 61.5. The molecule has 24 heteroatoms. The number of ketones is 4. The molecule has 1 saturated carbocycles. The minimum absolute atomic E-state index is 0.0161. The number of amides is 3. The molecule has 3 amide bonds. The molecule has 4 heterocycles. The number of aromatic hydroxyl groups is 1. The minimum atomic E-state index is -2.50. The molecule has 4 aliphatic heterocycles. The lowest BCUT2D eigenvalue weighted by Crippen LogP contribution is -2.61. The maximum Gasteiger partial charge on any atom is 0.336 e. The van der Waals surface area contributed by atoms with Gasteiger partial charge in [-0.2, -0.15) is 0 Å². The van der Waals surface area contributed by atoms with E-state index >= 15 is 0 Å². The van der Waals surface area contributed by atoms with Crippen LogP contribution >= 0.6 is 0 Å². The summed E-state index contributed by atoms with van der Waals surface area (Å²) in [6, 6.07) is 7.68. The number of aliphatic hydroxyl groups excluding tert-OH is 1. The molecular weight excluding hydrogens is 1340 g/mol. The number of esters is 2. The summed E-state index contributed by atoms with van der Waals surface area (Å²) >= 11 is 0. The van der Waals surface area contributed by atoms with Crippen molar-refractivity contribution in [2.75, 3.05) is 41.0 Å². The third-order valence-electron chi connectivity index (χ3n) is 21.4. The van der Waals surface area contributed by atoms with Gasteiger partial charge in [0.15, 0.2) is 11.6 Å². The summed E-state index contributed by atoms with van der Waals surface area (Å²) in [5.41, 5.74) is 2.15. The number of phenolic OH excluding ortho intramolecular Hbond substituents is 1. The molecule has 6 N–H and O–H groups in total. The predicted octanol–water partition coefficient (Wildman–Crippen LogP) is 9.41. The van der Waals surface area contributed by atoms with Crippen LogP contribution in [0.4, 0.5) is 0 Å². The van der Waals surface area contributed by atoms with Crippen LogP contribution in [0.3, 0.4) is 0 Å². The molecule has 0 spiro atoms. The largest absolute Gasteiger partial charge is 0.508 e. The highest BCUT2D eigenvalue weighted by molar-refractivity contribution is 6.39. The second-order valence-electron chi connectivity index (χ2n) is 29.1. The maximum absolute atomic E-state index is 14.8. The molecule has 3 fully saturated rings. The smallest absolute Gasteiger partial charge is 0.336 e. The Bertz CT molecular complexity index is 3660. The number of nitrogens with one attached hydrogen (secondary N) is 2. The van der Waals surface area contributed by atoms with Gasteiger partial charge < -0.3 is 69.1 Å². The number of carbonyl (C=O) groups is 10. The number of aliphatic hydroxyl groups is 2. The van der Waals surface area contributed by atoms with Gasteiger partial charge in [0.05, 0.1) is 23.9 Å². The summed E-state index contributed by atoms with van der Waals surface area (Å²) < 4.78 is 41.8. The molecule has 2 aromatic carbocycles. The number of unbranched alkanes of at least 4 members (excludes halogenated alkanes) is 2. The fourth-order valence-electron chi connectivity index (χ4n) is 15.2. The topological polar surface area (TPSA) is 344 Å². The first-order valence-corrected chi connectivity index (χ1v) is 36.6. The molecule has 104 heavy (non-hydrogen) atoms. The normalized spacial score (nSPS) is 31.9. The van der Waals surface area contributed by atoms with Gasteiger partial charge in [0.2, 0.25) is 11.7 Å². The summed E-state index contributed by atoms with van der Waals surface area (Å²) in [7, 11) is 4.41. The third kappa shape index (κ3) is 20.8. The van der Waals surface area contributed by atoms with E-state index in [1.54, 1.807) is 59.1 Å². The van der Waals surface area contributed by atoms with E-state index in [-0.39, 0.29) is 96.5 Å². The van der Waals surface area contributed by atoms with Crippen LogP contribution in [0.1, 0.15) is 189 Å². The van der Waals surface area contributed by atoms with Crippen LogP contribution in [0.15, 0.2) is 108 Å². The van der Waals surface area contributed by atoms with Gasteiger partial charge in [0, 0.05) is 107 Å². The van der Waals surface area contributed by atoms with Crippen molar-refractivity contribution in [1.82, 2.24) is 15.5 Å². The number of Topliss-reactive ketones (excluding diaryl/α,β-unsaturated/α-hetero) is 3. The molecule has 2 saturated heterocycles. The number of carbonyl (C=O) groups excluding carboxylic acids is 9. The number of piperidine rings is 1. The summed E-state index contributed by atoms with van der Waals surface area (Å²) in [6.07, 6.45) is 15.1. The Hall–Kier alpha value is -8.26. The summed E-state index contributed by atoms with van der Waals surface area (Å²) in [5.74, 6) is -12.7. The number of carboxylic acid groups (broad SMARTS) is 1. The molecule has 6 aliphatic rings. The number of rotatable bonds is 18. The number of allylic oxidation sites excluding steroid dienone is 9. The van der Waals surface area contributed by atoms with Gasteiger partial charge in [-0.15, -0.1) is 0 Å². The number of cyclic esters (lactones) is 1. The van der Waals surface area contributed by atoms with Crippen LogP contribution in [-0.2, 0) is 66.8 Å². The number of ether oxygens (including phenoxy) is 7. The molecule has 566 valence electrons. The van der Waals surface area contributed by atoms with Crippen LogP contribution in [0.5, 0.6) is 11.5 Å². The van der Waals surface area contributed by atoms with Crippen LogP contribution < -0.4 is 15.4 Å². The Labute approximate surface area is 609 Å². The quantitative estimate of drug-likeness (QED) is 0.0350. The molecule has 8 rings (SSSR count). The summed E-state index contributed by atoms with van der Waals surface area (Å²) in [4.78, 5) is 138. The lowest BCUT2D eigenvalue weighted by Gasteiger charge is -2.42. The first-order chi connectivity index (χ1) is 49.5. The molecule has 24 nitrogen and oxygen atoms in total. The number of methoxy groups -OCH3 is 3. The Balaban J connectivity index is 0.864. The maximum atomic E-state index is 14.8. The van der Waals surface area contributed by atoms with E-state index in [1.807, 2.05) is 51.2 Å². The fourth-order valence-corrected chi connectivity index (χ4v) is 15.2. The zero-order valence-electron chi connectivity index (χ0n) is 61.5. The highest BCUT2D eigenvalue weighted by Crippen LogP contribution is 2.49. The Morgan fingerprint density at radius 3 is 2.29 bits per heavy atom. The van der Waals surface area contributed by atoms with Crippen LogP contribution in [0.25, 0.3) is 0 Å². The number of hydrogen-bond acceptors (Lipinski definition) is 20. The SMILES string of the molecule is CO[C@H]1C[C@@H]2CC[C@@H](C)[C@@](O)(O2)C(=O)C(=O)N2CCCC[C@H]2C(=O)O[C@H]([C@H](C)C[C@H]2CC[C@@H](OC(=O)CNC(=O)CCCCCNC(=O)c3ccc(C4c5ccc(O)cc5OC5=CC(=O)C=CC54)c(C(=O)O)c3)[C@H](OC)C2)CC(=O)[C@H](C)/C=C(\C)[C@@H](O)[C@@H](OC)C(=O)[C@H](C)C[C@H](C)/C=C/C=C/C=C/1C. The average Bonchev–Trinajstić information content (AvgIpc) is 0.752. The van der Waals surface area contributed by atoms with Gasteiger partial charge in [-0.1, -0.05) is 95.7 Å². The third-order valence-corrected chi connectivity index (χ3v) is 21.4. The Kier molecular flexibility index (Phi) is 29.5. The number of nitrogens with zero attached hydrogens (tertiary/aromatic N) is 1. The molecule has 2 unspecified atom stereocenters. The minimum Gasteiger partial charge on any atom is -0.508 e. The van der Waals surface area contributed by atoms with Crippen molar-refractivity contribution in [3.8, 4) is 11.5 Å². The van der Waals surface area contributed by atoms with Gasteiger partial charge in [-0.25, -0.2) is 9.59 Å². The Morgan fingerprint density at radius 1 is 0.798 bits per heavy atom. The first-order valence-electron chi connectivity index (χ1n) is 36.6. The van der Waals surface area contributed by atoms with Crippen molar-refractivity contribution in [2.45, 2.75) is 212 Å². The van der Waals surface area contributed by atoms with Crippen LogP contribution in [0, 0.1) is 41.4 Å². The van der Waals surface area contributed by atoms with Crippen molar-refractivity contribution in [3.63, 3.8) is 0 Å². The Morgan fingerprint density at radius 2 is 1.56 bits per heavy atom. The second kappa shape index (κ2) is 37.6. The molecule has 2 aromatic rings. The molecule has 2 aliphatic carbocycles. The number of benzene rings is 2. The van der Waals surface area contributed by atoms with Crippen LogP contribution in [0.2, 0.25) is 0 Å². The van der Waals surface area contributed by atoms with E-state index < -0.39 is 132 Å². The van der Waals surface area contributed by atoms with Crippen molar-refractivity contribution >= 4 is 58.8 Å². The lowest BCUT2D eigenvalue weighted by molar-refractivity contribution is -0.265. The van der Waals surface area contributed by atoms with Gasteiger partial charge in [-0.3, -0.25) is 38.4 Å². The first kappa shape index (κ1) is 81.4. The zero-order chi connectivity index (χ0) is 75.7. The summed E-state index contributed by atoms with van der Waals surface area (Å²) in [5, 5.41) is 49.8. The lowest BCUT2D eigenvalue weighted by atomic mass is 9.74. The number of carboxylic acids is 1.